The Kier molecular flexibility index (Phi) is 6.11. The van der Waals surface area contributed by atoms with E-state index < -0.39 is 10.8 Å². The van der Waals surface area contributed by atoms with Crippen LogP contribution in [0.1, 0.15) is 57.5 Å². The normalized spacial score (nSPS) is 27.7. The summed E-state index contributed by atoms with van der Waals surface area (Å²) in [6, 6.07) is 15.3. The van der Waals surface area contributed by atoms with Gasteiger partial charge in [-0.2, -0.15) is 0 Å². The molecule has 190 valence electrons. The van der Waals surface area contributed by atoms with Gasteiger partial charge in [-0.05, 0) is 56.1 Å². The minimum absolute atomic E-state index is 0.0383. The first-order chi connectivity index (χ1) is 17.4. The van der Waals surface area contributed by atoms with Crippen LogP contribution in [0.3, 0.4) is 0 Å². The van der Waals surface area contributed by atoms with Crippen molar-refractivity contribution in [2.45, 2.75) is 63.9 Å². The summed E-state index contributed by atoms with van der Waals surface area (Å²) in [6.45, 7) is 6.44. The lowest BCUT2D eigenvalue weighted by Gasteiger charge is -2.49. The number of ketones is 2. The van der Waals surface area contributed by atoms with Crippen molar-refractivity contribution in [3.63, 3.8) is 0 Å². The zero-order chi connectivity index (χ0) is 24.9. The molecule has 0 aromatic heterocycles. The first-order valence-electron chi connectivity index (χ1n) is 13.1. The zero-order valence-corrected chi connectivity index (χ0v) is 21.0. The number of epoxide rings is 4. The molecule has 2 aromatic rings. The highest BCUT2D eigenvalue weighted by Gasteiger charge is 2.66. The lowest BCUT2D eigenvalue weighted by Crippen LogP contribution is -2.56. The summed E-state index contributed by atoms with van der Waals surface area (Å²) in [7, 11) is 0. The smallest absolute Gasteiger partial charge is 0.177 e. The third kappa shape index (κ3) is 4.56. The van der Waals surface area contributed by atoms with Gasteiger partial charge < -0.3 is 18.9 Å². The SMILES string of the molecule is Cc1ccccc1C(=O)C(CC1CO1)(C(=O)c1ccccc1C)C(CC1CO1)(CC1CO1)CC1CO1. The molecule has 36 heavy (non-hydrogen) atoms. The number of aryl methyl sites for hydroxylation is 2. The van der Waals surface area contributed by atoms with Crippen molar-refractivity contribution in [2.24, 2.45) is 10.8 Å². The van der Waals surface area contributed by atoms with Gasteiger partial charge in [-0.3, -0.25) is 9.59 Å². The molecule has 4 fully saturated rings. The fourth-order valence-electron chi connectivity index (χ4n) is 6.27. The van der Waals surface area contributed by atoms with E-state index in [0.717, 1.165) is 11.1 Å². The lowest BCUT2D eigenvalue weighted by molar-refractivity contribution is -0.00123. The molecule has 4 aliphatic rings. The first kappa shape index (κ1) is 24.0. The number of Topliss-reactive ketones (excluding diaryl/α,β-unsaturated/α-hetero) is 2. The van der Waals surface area contributed by atoms with Crippen molar-refractivity contribution in [1.82, 2.24) is 0 Å². The topological polar surface area (TPSA) is 84.3 Å². The third-order valence-electron chi connectivity index (χ3n) is 8.46. The van der Waals surface area contributed by atoms with Crippen LogP contribution in [0.2, 0.25) is 0 Å². The maximum atomic E-state index is 15.0. The van der Waals surface area contributed by atoms with Crippen LogP contribution in [0.15, 0.2) is 48.5 Å². The van der Waals surface area contributed by atoms with Crippen LogP contribution < -0.4 is 0 Å². The number of hydrogen-bond donors (Lipinski definition) is 0. The zero-order valence-electron chi connectivity index (χ0n) is 21.0. The first-order valence-corrected chi connectivity index (χ1v) is 13.1. The molecule has 4 saturated heterocycles. The minimum atomic E-state index is -1.32. The minimum Gasteiger partial charge on any atom is -0.373 e. The molecule has 0 radical (unpaired) electrons. The van der Waals surface area contributed by atoms with E-state index in [0.29, 0.717) is 63.2 Å². The summed E-state index contributed by atoms with van der Waals surface area (Å²) in [5, 5.41) is 0. The Hall–Kier alpha value is -2.38. The molecule has 0 N–H and O–H groups in total. The molecular formula is C30H34O6. The van der Waals surface area contributed by atoms with Gasteiger partial charge in [-0.25, -0.2) is 0 Å². The summed E-state index contributed by atoms with van der Waals surface area (Å²) in [6.07, 6.45) is 2.26. The van der Waals surface area contributed by atoms with Crippen LogP contribution >= 0.6 is 0 Å². The van der Waals surface area contributed by atoms with Crippen LogP contribution in [0, 0.1) is 24.7 Å². The molecule has 4 heterocycles. The van der Waals surface area contributed by atoms with Crippen molar-refractivity contribution < 1.29 is 28.5 Å². The Labute approximate surface area is 212 Å². The highest BCUT2D eigenvalue weighted by Crippen LogP contribution is 2.60. The molecule has 0 saturated carbocycles. The molecule has 6 heteroatoms. The molecule has 6 rings (SSSR count). The van der Waals surface area contributed by atoms with E-state index in [-0.39, 0.29) is 36.0 Å². The summed E-state index contributed by atoms with van der Waals surface area (Å²) < 4.78 is 23.1. The average molecular weight is 491 g/mol. The number of hydrogen-bond acceptors (Lipinski definition) is 6. The van der Waals surface area contributed by atoms with E-state index in [1.165, 1.54) is 0 Å². The van der Waals surface area contributed by atoms with Crippen molar-refractivity contribution in [2.75, 3.05) is 26.4 Å². The number of ether oxygens (including phenoxy) is 4. The van der Waals surface area contributed by atoms with Crippen molar-refractivity contribution in [3.05, 3.63) is 70.8 Å². The van der Waals surface area contributed by atoms with Crippen molar-refractivity contribution >= 4 is 11.6 Å². The van der Waals surface area contributed by atoms with E-state index in [2.05, 4.69) is 0 Å². The highest BCUT2D eigenvalue weighted by atomic mass is 16.6. The second-order valence-electron chi connectivity index (χ2n) is 11.1. The Morgan fingerprint density at radius 3 is 1.31 bits per heavy atom. The largest absolute Gasteiger partial charge is 0.373 e. The molecular weight excluding hydrogens is 456 g/mol. The van der Waals surface area contributed by atoms with Gasteiger partial charge in [0.2, 0.25) is 0 Å². The Morgan fingerprint density at radius 2 is 0.972 bits per heavy atom. The number of carbonyl (C=O) groups excluding carboxylic acids is 2. The van der Waals surface area contributed by atoms with Crippen LogP contribution in [-0.2, 0) is 18.9 Å². The maximum Gasteiger partial charge on any atom is 0.177 e. The fourth-order valence-corrected chi connectivity index (χ4v) is 6.27. The maximum absolute atomic E-state index is 15.0. The summed E-state index contributed by atoms with van der Waals surface area (Å²) >= 11 is 0. The number of carbonyl (C=O) groups is 2. The monoisotopic (exact) mass is 490 g/mol. The van der Waals surface area contributed by atoms with E-state index in [1.807, 2.05) is 62.4 Å². The van der Waals surface area contributed by atoms with E-state index >= 15 is 9.59 Å². The predicted molar refractivity (Wildman–Crippen MR) is 133 cm³/mol. The van der Waals surface area contributed by atoms with Crippen LogP contribution in [0.5, 0.6) is 0 Å². The van der Waals surface area contributed by atoms with Gasteiger partial charge in [0.05, 0.1) is 50.8 Å². The van der Waals surface area contributed by atoms with Crippen LogP contribution in [-0.4, -0.2) is 62.4 Å². The van der Waals surface area contributed by atoms with E-state index in [1.54, 1.807) is 0 Å². The van der Waals surface area contributed by atoms with Gasteiger partial charge in [0.1, 0.15) is 5.41 Å². The van der Waals surface area contributed by atoms with Crippen molar-refractivity contribution in [3.8, 4) is 0 Å². The van der Waals surface area contributed by atoms with Gasteiger partial charge in [-0.1, -0.05) is 48.5 Å². The van der Waals surface area contributed by atoms with Crippen molar-refractivity contribution in [1.29, 1.82) is 0 Å². The fraction of sp³-hybridized carbons (Fsp3) is 0.533. The predicted octanol–water partition coefficient (Wildman–Crippen LogP) is 4.50. The van der Waals surface area contributed by atoms with Gasteiger partial charge in [-0.15, -0.1) is 0 Å². The molecule has 4 unspecified atom stereocenters. The van der Waals surface area contributed by atoms with Gasteiger partial charge in [0.25, 0.3) is 0 Å². The van der Waals surface area contributed by atoms with Gasteiger partial charge in [0.15, 0.2) is 11.6 Å². The summed E-state index contributed by atoms with van der Waals surface area (Å²) in [5.74, 6) is -0.211. The third-order valence-corrected chi connectivity index (χ3v) is 8.46. The quantitative estimate of drug-likeness (QED) is 0.234. The lowest BCUT2D eigenvalue weighted by atomic mass is 9.50. The second kappa shape index (κ2) is 9.18. The van der Waals surface area contributed by atoms with E-state index in [9.17, 15) is 0 Å². The Bertz CT molecular complexity index is 1060. The second-order valence-corrected chi connectivity index (χ2v) is 11.1. The standard InChI is InChI=1S/C30H34O6/c1-19-7-3-5-9-25(19)27(31)30(14-24-18-36-24,28(32)26-10-6-4-8-20(26)2)29(11-21-15-33-21,12-22-16-34-22)13-23-17-35-23/h3-10,21-24H,11-18H2,1-2H3. The van der Waals surface area contributed by atoms with Gasteiger partial charge in [0, 0.05) is 11.1 Å². The Morgan fingerprint density at radius 1 is 0.639 bits per heavy atom. The Balaban J connectivity index is 1.59. The van der Waals surface area contributed by atoms with Gasteiger partial charge >= 0.3 is 0 Å². The summed E-state index contributed by atoms with van der Waals surface area (Å²) in [5.41, 5.74) is 0.965. The average Bonchev–Trinajstić information content (AvgIpc) is 3.68. The molecule has 4 atom stereocenters. The molecule has 4 aliphatic heterocycles. The number of rotatable bonds is 13. The molecule has 0 aliphatic carbocycles. The molecule has 6 nitrogen and oxygen atoms in total. The summed E-state index contributed by atoms with van der Waals surface area (Å²) in [4.78, 5) is 30.1. The molecule has 2 aromatic carbocycles. The van der Waals surface area contributed by atoms with Crippen LogP contribution in [0.25, 0.3) is 0 Å². The highest BCUT2D eigenvalue weighted by molar-refractivity contribution is 6.21. The molecule has 0 bridgehead atoms. The molecule has 0 amide bonds. The number of benzene rings is 2. The van der Waals surface area contributed by atoms with Crippen LogP contribution in [0.4, 0.5) is 0 Å². The molecule has 0 spiro atoms. The van der Waals surface area contributed by atoms with E-state index in [4.69, 9.17) is 18.9 Å².